The van der Waals surface area contributed by atoms with E-state index in [1.54, 1.807) is 0 Å². The molecule has 0 aliphatic heterocycles. The maximum atomic E-state index is 5.56. The van der Waals surface area contributed by atoms with Crippen molar-refractivity contribution in [2.45, 2.75) is 26.3 Å². The van der Waals surface area contributed by atoms with Crippen molar-refractivity contribution in [3.8, 4) is 5.75 Å². The van der Waals surface area contributed by atoms with Gasteiger partial charge in [0.2, 0.25) is 0 Å². The summed E-state index contributed by atoms with van der Waals surface area (Å²) in [6.07, 6.45) is 1.08. The van der Waals surface area contributed by atoms with Gasteiger partial charge >= 0.3 is 0 Å². The normalized spacial score (nSPS) is 12.4. The molecule has 0 aromatic heterocycles. The van der Waals surface area contributed by atoms with Gasteiger partial charge in [-0.15, -0.1) is 0 Å². The third-order valence-corrected chi connectivity index (χ3v) is 2.74. The van der Waals surface area contributed by atoms with Gasteiger partial charge in [0.1, 0.15) is 12.4 Å². The van der Waals surface area contributed by atoms with Gasteiger partial charge in [0.15, 0.2) is 0 Å². The molecule has 0 fully saturated rings. The van der Waals surface area contributed by atoms with E-state index in [1.165, 1.54) is 5.56 Å². The highest BCUT2D eigenvalue weighted by Crippen LogP contribution is 2.19. The first-order valence-corrected chi connectivity index (χ1v) is 6.29. The van der Waals surface area contributed by atoms with Crippen LogP contribution in [0.3, 0.4) is 0 Å². The molecule has 3 nitrogen and oxygen atoms in total. The number of hydrogen-bond donors (Lipinski definition) is 1. The Balaban J connectivity index is 2.44. The van der Waals surface area contributed by atoms with E-state index in [4.69, 9.17) is 9.47 Å². The SMILES string of the molecule is CCOCCOc1ccc(C(CC)NC)cc1. The Kier molecular flexibility index (Phi) is 6.67. The Labute approximate surface area is 104 Å². The molecule has 0 aliphatic rings. The quantitative estimate of drug-likeness (QED) is 0.705. The fourth-order valence-corrected chi connectivity index (χ4v) is 1.77. The molecule has 1 aromatic rings. The van der Waals surface area contributed by atoms with E-state index in [0.717, 1.165) is 18.8 Å². The molecule has 0 bridgehead atoms. The van der Waals surface area contributed by atoms with Gasteiger partial charge in [-0.3, -0.25) is 0 Å². The molecule has 0 aliphatic carbocycles. The molecule has 1 unspecified atom stereocenters. The van der Waals surface area contributed by atoms with Gasteiger partial charge in [0.25, 0.3) is 0 Å². The summed E-state index contributed by atoms with van der Waals surface area (Å²) >= 11 is 0. The average molecular weight is 237 g/mol. The van der Waals surface area contributed by atoms with Crippen molar-refractivity contribution in [1.82, 2.24) is 5.32 Å². The second kappa shape index (κ2) is 8.09. The Morgan fingerprint density at radius 3 is 2.35 bits per heavy atom. The van der Waals surface area contributed by atoms with Crippen molar-refractivity contribution in [2.75, 3.05) is 26.9 Å². The molecule has 17 heavy (non-hydrogen) atoms. The largest absolute Gasteiger partial charge is 0.491 e. The molecule has 1 atom stereocenters. The minimum atomic E-state index is 0.424. The van der Waals surface area contributed by atoms with E-state index in [9.17, 15) is 0 Å². The molecule has 0 spiro atoms. The smallest absolute Gasteiger partial charge is 0.119 e. The highest BCUT2D eigenvalue weighted by atomic mass is 16.5. The molecule has 0 heterocycles. The van der Waals surface area contributed by atoms with Crippen molar-refractivity contribution in [1.29, 1.82) is 0 Å². The van der Waals surface area contributed by atoms with Gasteiger partial charge < -0.3 is 14.8 Å². The van der Waals surface area contributed by atoms with Crippen LogP contribution in [0.4, 0.5) is 0 Å². The monoisotopic (exact) mass is 237 g/mol. The molecule has 96 valence electrons. The summed E-state index contributed by atoms with van der Waals surface area (Å²) in [7, 11) is 1.99. The molecule has 3 heteroatoms. The topological polar surface area (TPSA) is 30.5 Å². The van der Waals surface area contributed by atoms with Crippen LogP contribution in [-0.2, 0) is 4.74 Å². The minimum Gasteiger partial charge on any atom is -0.491 e. The third kappa shape index (κ3) is 4.75. The van der Waals surface area contributed by atoms with Gasteiger partial charge in [-0.25, -0.2) is 0 Å². The zero-order valence-electron chi connectivity index (χ0n) is 11.0. The van der Waals surface area contributed by atoms with Crippen LogP contribution >= 0.6 is 0 Å². The Morgan fingerprint density at radius 2 is 1.82 bits per heavy atom. The van der Waals surface area contributed by atoms with Crippen LogP contribution in [0.5, 0.6) is 5.75 Å². The number of rotatable bonds is 8. The Morgan fingerprint density at radius 1 is 1.12 bits per heavy atom. The fourth-order valence-electron chi connectivity index (χ4n) is 1.77. The molecule has 1 rings (SSSR count). The highest BCUT2D eigenvalue weighted by Gasteiger charge is 2.05. The first-order valence-electron chi connectivity index (χ1n) is 6.29. The van der Waals surface area contributed by atoms with Crippen LogP contribution in [0.15, 0.2) is 24.3 Å². The summed E-state index contributed by atoms with van der Waals surface area (Å²) in [6.45, 7) is 6.15. The van der Waals surface area contributed by atoms with Crippen molar-refractivity contribution >= 4 is 0 Å². The first kappa shape index (κ1) is 14.0. The second-order valence-electron chi connectivity index (χ2n) is 3.86. The van der Waals surface area contributed by atoms with E-state index >= 15 is 0 Å². The van der Waals surface area contributed by atoms with E-state index in [-0.39, 0.29) is 0 Å². The van der Waals surface area contributed by atoms with Crippen molar-refractivity contribution < 1.29 is 9.47 Å². The number of benzene rings is 1. The Hall–Kier alpha value is -1.06. The first-order chi connectivity index (χ1) is 8.31. The van der Waals surface area contributed by atoms with Crippen LogP contribution in [0, 0.1) is 0 Å². The van der Waals surface area contributed by atoms with E-state index in [0.29, 0.717) is 19.3 Å². The number of nitrogens with one attached hydrogen (secondary N) is 1. The molecular formula is C14H23NO2. The van der Waals surface area contributed by atoms with Crippen molar-refractivity contribution in [3.05, 3.63) is 29.8 Å². The van der Waals surface area contributed by atoms with Crippen LogP contribution in [0.1, 0.15) is 31.9 Å². The molecule has 0 amide bonds. The van der Waals surface area contributed by atoms with E-state index < -0.39 is 0 Å². The molecule has 1 N–H and O–H groups in total. The van der Waals surface area contributed by atoms with E-state index in [1.807, 2.05) is 26.1 Å². The molecule has 0 saturated carbocycles. The summed E-state index contributed by atoms with van der Waals surface area (Å²) < 4.78 is 10.8. The average Bonchev–Trinajstić information content (AvgIpc) is 2.38. The summed E-state index contributed by atoms with van der Waals surface area (Å²) in [6, 6.07) is 8.68. The summed E-state index contributed by atoms with van der Waals surface area (Å²) in [5.41, 5.74) is 1.30. The zero-order chi connectivity index (χ0) is 12.5. The lowest BCUT2D eigenvalue weighted by Crippen LogP contribution is -2.15. The standard InChI is InChI=1S/C14H23NO2/c1-4-14(15-3)12-6-8-13(9-7-12)17-11-10-16-5-2/h6-9,14-15H,4-5,10-11H2,1-3H3. The van der Waals surface area contributed by atoms with Crippen molar-refractivity contribution in [3.63, 3.8) is 0 Å². The predicted octanol–water partition coefficient (Wildman–Crippen LogP) is 2.77. The van der Waals surface area contributed by atoms with Gasteiger partial charge in [0.05, 0.1) is 6.61 Å². The molecule has 1 aromatic carbocycles. The fraction of sp³-hybridized carbons (Fsp3) is 0.571. The molecule has 0 saturated heterocycles. The maximum absolute atomic E-state index is 5.56. The highest BCUT2D eigenvalue weighted by molar-refractivity contribution is 5.29. The molecular weight excluding hydrogens is 214 g/mol. The lowest BCUT2D eigenvalue weighted by molar-refractivity contribution is 0.110. The summed E-state index contributed by atoms with van der Waals surface area (Å²) in [5.74, 6) is 0.902. The molecule has 0 radical (unpaired) electrons. The lowest BCUT2D eigenvalue weighted by Gasteiger charge is -2.14. The van der Waals surface area contributed by atoms with Crippen molar-refractivity contribution in [2.24, 2.45) is 0 Å². The van der Waals surface area contributed by atoms with Gasteiger partial charge in [-0.2, -0.15) is 0 Å². The predicted molar refractivity (Wildman–Crippen MR) is 70.5 cm³/mol. The van der Waals surface area contributed by atoms with Crippen LogP contribution in [0.2, 0.25) is 0 Å². The van der Waals surface area contributed by atoms with Gasteiger partial charge in [-0.1, -0.05) is 19.1 Å². The lowest BCUT2D eigenvalue weighted by atomic mass is 10.1. The Bertz CT molecular complexity index is 294. The second-order valence-corrected chi connectivity index (χ2v) is 3.86. The summed E-state index contributed by atoms with van der Waals surface area (Å²) in [4.78, 5) is 0. The maximum Gasteiger partial charge on any atom is 0.119 e. The van der Waals surface area contributed by atoms with Gasteiger partial charge in [-0.05, 0) is 38.1 Å². The van der Waals surface area contributed by atoms with Crippen LogP contribution < -0.4 is 10.1 Å². The summed E-state index contributed by atoms with van der Waals surface area (Å²) in [5, 5.41) is 3.29. The van der Waals surface area contributed by atoms with Crippen LogP contribution in [0.25, 0.3) is 0 Å². The minimum absolute atomic E-state index is 0.424. The zero-order valence-corrected chi connectivity index (χ0v) is 11.0. The van der Waals surface area contributed by atoms with Crippen LogP contribution in [-0.4, -0.2) is 26.9 Å². The van der Waals surface area contributed by atoms with Gasteiger partial charge in [0, 0.05) is 12.6 Å². The third-order valence-electron chi connectivity index (χ3n) is 2.74. The van der Waals surface area contributed by atoms with E-state index in [2.05, 4.69) is 24.4 Å². The number of hydrogen-bond acceptors (Lipinski definition) is 3. The number of ether oxygens (including phenoxy) is 2.